The molecule has 1 amide bonds. The highest BCUT2D eigenvalue weighted by Gasteiger charge is 2.37. The molecule has 5 nitrogen and oxygen atoms in total. The van der Waals surface area contributed by atoms with E-state index in [0.717, 1.165) is 12.8 Å². The summed E-state index contributed by atoms with van der Waals surface area (Å²) in [5.41, 5.74) is 0. The van der Waals surface area contributed by atoms with Crippen LogP contribution < -0.4 is 10.6 Å². The molecule has 1 aliphatic rings. The number of aliphatic carboxylic acids is 1. The van der Waals surface area contributed by atoms with Crippen molar-refractivity contribution in [3.63, 3.8) is 0 Å². The molecular weight excluding hydrogens is 220 g/mol. The van der Waals surface area contributed by atoms with Gasteiger partial charge in [-0.25, -0.2) is 0 Å². The molecule has 3 N–H and O–H groups in total. The second-order valence-electron chi connectivity index (χ2n) is 5.18. The number of carboxylic acids is 1. The fourth-order valence-electron chi connectivity index (χ4n) is 1.64. The zero-order chi connectivity index (χ0) is 13.0. The molecular formula is C12H22N2O3. The molecule has 1 rings (SSSR count). The molecule has 98 valence electrons. The Morgan fingerprint density at radius 2 is 1.88 bits per heavy atom. The van der Waals surface area contributed by atoms with Gasteiger partial charge in [-0.1, -0.05) is 13.8 Å². The van der Waals surface area contributed by atoms with Gasteiger partial charge in [-0.3, -0.25) is 14.9 Å². The number of amides is 1. The van der Waals surface area contributed by atoms with Crippen LogP contribution >= 0.6 is 0 Å². The molecule has 0 radical (unpaired) electrons. The van der Waals surface area contributed by atoms with Crippen LogP contribution in [0.3, 0.4) is 0 Å². The van der Waals surface area contributed by atoms with Crippen molar-refractivity contribution in [3.05, 3.63) is 0 Å². The Balaban J connectivity index is 2.38. The van der Waals surface area contributed by atoms with Crippen LogP contribution in [0.5, 0.6) is 0 Å². The van der Waals surface area contributed by atoms with Crippen LogP contribution in [0.2, 0.25) is 0 Å². The highest BCUT2D eigenvalue weighted by atomic mass is 16.4. The number of hydrogen-bond acceptors (Lipinski definition) is 3. The minimum absolute atomic E-state index is 0.134. The van der Waals surface area contributed by atoms with Crippen molar-refractivity contribution < 1.29 is 14.7 Å². The van der Waals surface area contributed by atoms with E-state index in [1.165, 1.54) is 0 Å². The first-order chi connectivity index (χ1) is 7.91. The minimum atomic E-state index is -0.865. The summed E-state index contributed by atoms with van der Waals surface area (Å²) in [5, 5.41) is 14.7. The van der Waals surface area contributed by atoms with Crippen molar-refractivity contribution in [1.82, 2.24) is 10.6 Å². The van der Waals surface area contributed by atoms with E-state index in [-0.39, 0.29) is 11.8 Å². The third-order valence-electron chi connectivity index (χ3n) is 2.87. The van der Waals surface area contributed by atoms with E-state index < -0.39 is 18.1 Å². The van der Waals surface area contributed by atoms with Gasteiger partial charge in [0, 0.05) is 6.54 Å². The summed E-state index contributed by atoms with van der Waals surface area (Å²) in [6, 6.07) is -1.05. The SMILES string of the molecule is CC(C)CNC(=O)C(C)NC(C(=O)O)C1CC1. The van der Waals surface area contributed by atoms with Crippen molar-refractivity contribution in [3.8, 4) is 0 Å². The van der Waals surface area contributed by atoms with Crippen molar-refractivity contribution >= 4 is 11.9 Å². The lowest BCUT2D eigenvalue weighted by molar-refractivity contribution is -0.140. The Hall–Kier alpha value is -1.10. The van der Waals surface area contributed by atoms with E-state index >= 15 is 0 Å². The first-order valence-corrected chi connectivity index (χ1v) is 6.18. The van der Waals surface area contributed by atoms with Crippen LogP contribution in [0, 0.1) is 11.8 Å². The Morgan fingerprint density at radius 3 is 2.29 bits per heavy atom. The lowest BCUT2D eigenvalue weighted by Crippen LogP contribution is -2.50. The zero-order valence-corrected chi connectivity index (χ0v) is 10.7. The topological polar surface area (TPSA) is 78.4 Å². The van der Waals surface area contributed by atoms with E-state index in [1.54, 1.807) is 6.92 Å². The maximum Gasteiger partial charge on any atom is 0.321 e. The van der Waals surface area contributed by atoms with E-state index in [1.807, 2.05) is 13.8 Å². The molecule has 1 aliphatic carbocycles. The number of nitrogens with one attached hydrogen (secondary N) is 2. The third kappa shape index (κ3) is 4.73. The lowest BCUT2D eigenvalue weighted by Gasteiger charge is -2.20. The van der Waals surface area contributed by atoms with Gasteiger partial charge in [-0.15, -0.1) is 0 Å². The van der Waals surface area contributed by atoms with Crippen LogP contribution in [0.25, 0.3) is 0 Å². The predicted molar refractivity (Wildman–Crippen MR) is 64.6 cm³/mol. The first-order valence-electron chi connectivity index (χ1n) is 6.18. The van der Waals surface area contributed by atoms with Gasteiger partial charge in [0.2, 0.25) is 5.91 Å². The average molecular weight is 242 g/mol. The van der Waals surface area contributed by atoms with Crippen LogP contribution in [-0.2, 0) is 9.59 Å². The number of hydrogen-bond donors (Lipinski definition) is 3. The highest BCUT2D eigenvalue weighted by molar-refractivity contribution is 5.82. The summed E-state index contributed by atoms with van der Waals surface area (Å²) in [6.07, 6.45) is 1.87. The summed E-state index contributed by atoms with van der Waals surface area (Å²) >= 11 is 0. The Kier molecular flexibility index (Phi) is 4.93. The summed E-state index contributed by atoms with van der Waals surface area (Å²) in [4.78, 5) is 22.7. The Labute approximate surface area is 102 Å². The molecule has 1 fully saturated rings. The number of carbonyl (C=O) groups excluding carboxylic acids is 1. The zero-order valence-electron chi connectivity index (χ0n) is 10.7. The summed E-state index contributed by atoms with van der Waals surface area (Å²) in [5.74, 6) is -0.417. The fraction of sp³-hybridized carbons (Fsp3) is 0.833. The van der Waals surface area contributed by atoms with Crippen LogP contribution in [-0.4, -0.2) is 35.6 Å². The molecule has 0 heterocycles. The number of rotatable bonds is 7. The van der Waals surface area contributed by atoms with Gasteiger partial charge in [-0.05, 0) is 31.6 Å². The first kappa shape index (κ1) is 14.0. The quantitative estimate of drug-likeness (QED) is 0.611. The third-order valence-corrected chi connectivity index (χ3v) is 2.87. The average Bonchev–Trinajstić information content (AvgIpc) is 3.05. The lowest BCUT2D eigenvalue weighted by atomic mass is 10.1. The van der Waals surface area contributed by atoms with E-state index in [4.69, 9.17) is 5.11 Å². The van der Waals surface area contributed by atoms with E-state index in [2.05, 4.69) is 10.6 Å². The molecule has 17 heavy (non-hydrogen) atoms. The second kappa shape index (κ2) is 6.00. The standard InChI is InChI=1S/C12H22N2O3/c1-7(2)6-13-11(15)8(3)14-10(12(16)17)9-4-5-9/h7-10,14H,4-6H2,1-3H3,(H,13,15)(H,16,17). The molecule has 5 heteroatoms. The van der Waals surface area contributed by atoms with Gasteiger partial charge in [0.15, 0.2) is 0 Å². The van der Waals surface area contributed by atoms with Crippen molar-refractivity contribution in [2.45, 2.75) is 45.7 Å². The number of carboxylic acid groups (broad SMARTS) is 1. The normalized spacial score (nSPS) is 18.8. The van der Waals surface area contributed by atoms with Crippen LogP contribution in [0.15, 0.2) is 0 Å². The van der Waals surface area contributed by atoms with Crippen molar-refractivity contribution in [2.75, 3.05) is 6.54 Å². The van der Waals surface area contributed by atoms with Gasteiger partial charge in [-0.2, -0.15) is 0 Å². The van der Waals surface area contributed by atoms with Crippen molar-refractivity contribution in [1.29, 1.82) is 0 Å². The van der Waals surface area contributed by atoms with Gasteiger partial charge < -0.3 is 10.4 Å². The molecule has 0 spiro atoms. The molecule has 0 aromatic carbocycles. The molecule has 0 aliphatic heterocycles. The minimum Gasteiger partial charge on any atom is -0.480 e. The van der Waals surface area contributed by atoms with Gasteiger partial charge >= 0.3 is 5.97 Å². The Bertz CT molecular complexity index is 287. The van der Waals surface area contributed by atoms with Crippen LogP contribution in [0.4, 0.5) is 0 Å². The number of carbonyl (C=O) groups is 2. The summed E-state index contributed by atoms with van der Waals surface area (Å²) in [7, 11) is 0. The molecule has 2 unspecified atom stereocenters. The van der Waals surface area contributed by atoms with Gasteiger partial charge in [0.25, 0.3) is 0 Å². The summed E-state index contributed by atoms with van der Waals surface area (Å²) < 4.78 is 0. The maximum atomic E-state index is 11.7. The summed E-state index contributed by atoms with van der Waals surface area (Å²) in [6.45, 7) is 6.35. The van der Waals surface area contributed by atoms with Gasteiger partial charge in [0.1, 0.15) is 6.04 Å². The highest BCUT2D eigenvalue weighted by Crippen LogP contribution is 2.32. The maximum absolute atomic E-state index is 11.7. The molecule has 0 saturated heterocycles. The van der Waals surface area contributed by atoms with E-state index in [0.29, 0.717) is 12.5 Å². The van der Waals surface area contributed by atoms with Crippen LogP contribution in [0.1, 0.15) is 33.6 Å². The molecule has 1 saturated carbocycles. The predicted octanol–water partition coefficient (Wildman–Crippen LogP) is 0.600. The molecule has 2 atom stereocenters. The van der Waals surface area contributed by atoms with Crippen molar-refractivity contribution in [2.24, 2.45) is 11.8 Å². The largest absolute Gasteiger partial charge is 0.480 e. The Morgan fingerprint density at radius 1 is 1.29 bits per heavy atom. The smallest absolute Gasteiger partial charge is 0.321 e. The molecule has 0 aromatic rings. The van der Waals surface area contributed by atoms with Gasteiger partial charge in [0.05, 0.1) is 6.04 Å². The van der Waals surface area contributed by atoms with E-state index in [9.17, 15) is 9.59 Å². The molecule has 0 aromatic heterocycles. The monoisotopic (exact) mass is 242 g/mol. The second-order valence-corrected chi connectivity index (χ2v) is 5.18. The fourth-order valence-corrected chi connectivity index (χ4v) is 1.64. The molecule has 0 bridgehead atoms.